The molecule has 0 aliphatic carbocycles. The summed E-state index contributed by atoms with van der Waals surface area (Å²) >= 11 is 0. The largest absolute Gasteiger partial charge is 0.454 e. The molecule has 0 saturated heterocycles. The van der Waals surface area contributed by atoms with Crippen LogP contribution in [0.15, 0.2) is 36.4 Å². The van der Waals surface area contributed by atoms with Crippen molar-refractivity contribution >= 4 is 11.9 Å². The normalized spacial score (nSPS) is 13.2. The van der Waals surface area contributed by atoms with Gasteiger partial charge >= 0.3 is 5.97 Å². The number of nitrogens with one attached hydrogen (secondary N) is 1. The summed E-state index contributed by atoms with van der Waals surface area (Å²) in [5.74, 6) is -2.26. The Hall–Kier alpha value is -3.16. The van der Waals surface area contributed by atoms with Crippen molar-refractivity contribution in [3.8, 4) is 11.5 Å². The molecule has 0 bridgehead atoms. The Labute approximate surface area is 147 Å². The molecule has 136 valence electrons. The van der Waals surface area contributed by atoms with Crippen molar-refractivity contribution in [2.75, 3.05) is 13.4 Å². The number of benzene rings is 2. The maximum atomic E-state index is 13.5. The second-order valence-corrected chi connectivity index (χ2v) is 5.60. The lowest BCUT2D eigenvalue weighted by Gasteiger charge is -2.15. The van der Waals surface area contributed by atoms with Gasteiger partial charge < -0.3 is 19.5 Å². The van der Waals surface area contributed by atoms with Crippen molar-refractivity contribution in [1.82, 2.24) is 5.32 Å². The van der Waals surface area contributed by atoms with Gasteiger partial charge in [-0.2, -0.15) is 0 Å². The molecule has 2 aromatic carbocycles. The van der Waals surface area contributed by atoms with Crippen LogP contribution in [-0.4, -0.2) is 25.3 Å². The van der Waals surface area contributed by atoms with Gasteiger partial charge in [0.2, 0.25) is 6.79 Å². The second kappa shape index (κ2) is 7.38. The Morgan fingerprint density at radius 3 is 2.69 bits per heavy atom. The predicted molar refractivity (Wildman–Crippen MR) is 85.8 cm³/mol. The summed E-state index contributed by atoms with van der Waals surface area (Å²) in [6.45, 7) is 1.30. The molecule has 1 aliphatic rings. The average molecular weight is 363 g/mol. The van der Waals surface area contributed by atoms with Gasteiger partial charge in [-0.1, -0.05) is 6.07 Å². The first kappa shape index (κ1) is 17.7. The number of esters is 1. The number of fused-ring (bicyclic) bond motifs is 1. The van der Waals surface area contributed by atoms with Gasteiger partial charge in [-0.15, -0.1) is 0 Å². The number of halogens is 2. The first-order chi connectivity index (χ1) is 12.4. The van der Waals surface area contributed by atoms with Crippen molar-refractivity contribution < 1.29 is 32.6 Å². The minimum absolute atomic E-state index is 0.148. The Kier molecular flexibility index (Phi) is 5.01. The first-order valence-electron chi connectivity index (χ1n) is 7.75. The lowest BCUT2D eigenvalue weighted by molar-refractivity contribution is -0.124. The van der Waals surface area contributed by atoms with Crippen LogP contribution in [0.3, 0.4) is 0 Å². The van der Waals surface area contributed by atoms with Crippen LogP contribution in [0.2, 0.25) is 0 Å². The predicted octanol–water partition coefficient (Wildman–Crippen LogP) is 2.73. The Morgan fingerprint density at radius 2 is 1.92 bits per heavy atom. The minimum Gasteiger partial charge on any atom is -0.454 e. The molecule has 0 saturated carbocycles. The summed E-state index contributed by atoms with van der Waals surface area (Å²) in [4.78, 5) is 23.7. The van der Waals surface area contributed by atoms with E-state index in [2.05, 4.69) is 5.32 Å². The van der Waals surface area contributed by atoms with Gasteiger partial charge in [0.1, 0.15) is 11.6 Å². The van der Waals surface area contributed by atoms with Crippen LogP contribution in [0.4, 0.5) is 8.78 Å². The molecular formula is C18H15F2NO5. The summed E-state index contributed by atoms with van der Waals surface area (Å²) in [5, 5.41) is 2.65. The highest BCUT2D eigenvalue weighted by atomic mass is 19.1. The number of carbonyl (C=O) groups is 2. The molecule has 26 heavy (non-hydrogen) atoms. The van der Waals surface area contributed by atoms with Gasteiger partial charge in [-0.05, 0) is 36.8 Å². The SMILES string of the molecule is C[C@H](NC(=O)COC(=O)c1ccc(F)cc1F)c1ccc2c(c1)OCO2. The number of carbonyl (C=O) groups excluding carboxylic acids is 2. The van der Waals surface area contributed by atoms with E-state index in [1.54, 1.807) is 25.1 Å². The number of hydrogen-bond acceptors (Lipinski definition) is 5. The van der Waals surface area contributed by atoms with Crippen LogP contribution in [0.1, 0.15) is 28.9 Å². The molecule has 1 heterocycles. The van der Waals surface area contributed by atoms with E-state index >= 15 is 0 Å². The summed E-state index contributed by atoms with van der Waals surface area (Å²) in [6.07, 6.45) is 0. The van der Waals surface area contributed by atoms with Crippen molar-refractivity contribution in [1.29, 1.82) is 0 Å². The number of hydrogen-bond donors (Lipinski definition) is 1. The van der Waals surface area contributed by atoms with Crippen LogP contribution < -0.4 is 14.8 Å². The van der Waals surface area contributed by atoms with Crippen molar-refractivity contribution in [2.45, 2.75) is 13.0 Å². The molecule has 8 heteroatoms. The van der Waals surface area contributed by atoms with Gasteiger partial charge in [-0.3, -0.25) is 4.79 Å². The van der Waals surface area contributed by atoms with Gasteiger partial charge in [0.15, 0.2) is 18.1 Å². The van der Waals surface area contributed by atoms with Crippen molar-refractivity contribution in [2.24, 2.45) is 0 Å². The molecule has 0 aromatic heterocycles. The maximum absolute atomic E-state index is 13.5. The summed E-state index contributed by atoms with van der Waals surface area (Å²) < 4.78 is 41.6. The number of ether oxygens (including phenoxy) is 3. The number of amides is 1. The second-order valence-electron chi connectivity index (χ2n) is 5.60. The van der Waals surface area contributed by atoms with E-state index in [1.165, 1.54) is 0 Å². The van der Waals surface area contributed by atoms with Crippen molar-refractivity contribution in [3.63, 3.8) is 0 Å². The highest BCUT2D eigenvalue weighted by molar-refractivity contribution is 5.91. The molecule has 1 aliphatic heterocycles. The summed E-state index contributed by atoms with van der Waals surface area (Å²) in [5.41, 5.74) is 0.335. The molecular weight excluding hydrogens is 348 g/mol. The highest BCUT2D eigenvalue weighted by Gasteiger charge is 2.19. The minimum atomic E-state index is -1.05. The number of rotatable bonds is 5. The van der Waals surface area contributed by atoms with E-state index in [-0.39, 0.29) is 12.8 Å². The van der Waals surface area contributed by atoms with E-state index in [9.17, 15) is 18.4 Å². The topological polar surface area (TPSA) is 73.9 Å². The van der Waals surface area contributed by atoms with Crippen LogP contribution in [0.25, 0.3) is 0 Å². The molecule has 0 unspecified atom stereocenters. The zero-order valence-corrected chi connectivity index (χ0v) is 13.8. The Morgan fingerprint density at radius 1 is 1.15 bits per heavy atom. The molecule has 1 amide bonds. The van der Waals surface area contributed by atoms with Gasteiger partial charge in [0.05, 0.1) is 11.6 Å². The fourth-order valence-electron chi connectivity index (χ4n) is 2.41. The monoisotopic (exact) mass is 363 g/mol. The average Bonchev–Trinajstić information content (AvgIpc) is 3.07. The lowest BCUT2D eigenvalue weighted by atomic mass is 10.1. The molecule has 3 rings (SSSR count). The van der Waals surface area contributed by atoms with Gasteiger partial charge in [0.25, 0.3) is 5.91 Å². The highest BCUT2D eigenvalue weighted by Crippen LogP contribution is 2.34. The molecule has 6 nitrogen and oxygen atoms in total. The third-order valence-corrected chi connectivity index (χ3v) is 3.76. The third kappa shape index (κ3) is 3.90. The molecule has 1 N–H and O–H groups in total. The van der Waals surface area contributed by atoms with E-state index in [0.717, 1.165) is 17.7 Å². The molecule has 0 spiro atoms. The standard InChI is InChI=1S/C18H15F2NO5/c1-10(11-2-5-15-16(6-11)26-9-25-15)21-17(22)8-24-18(23)13-4-3-12(19)7-14(13)20/h2-7,10H,8-9H2,1H3,(H,21,22)/t10-/m0/s1. The molecule has 2 aromatic rings. The molecule has 1 atom stereocenters. The maximum Gasteiger partial charge on any atom is 0.341 e. The van der Waals surface area contributed by atoms with Gasteiger partial charge in [0, 0.05) is 6.07 Å². The Bertz CT molecular complexity index is 855. The molecule has 0 radical (unpaired) electrons. The quantitative estimate of drug-likeness (QED) is 0.827. The first-order valence-corrected chi connectivity index (χ1v) is 7.75. The summed E-state index contributed by atoms with van der Waals surface area (Å²) in [7, 11) is 0. The van der Waals surface area contributed by atoms with Crippen molar-refractivity contribution in [3.05, 3.63) is 59.2 Å². The zero-order chi connectivity index (χ0) is 18.7. The third-order valence-electron chi connectivity index (χ3n) is 3.76. The van der Waals surface area contributed by atoms with E-state index < -0.39 is 35.7 Å². The summed E-state index contributed by atoms with van der Waals surface area (Å²) in [6, 6.07) is 7.33. The Balaban J connectivity index is 1.54. The van der Waals surface area contributed by atoms with Crippen LogP contribution in [0.5, 0.6) is 11.5 Å². The smallest absolute Gasteiger partial charge is 0.341 e. The van der Waals surface area contributed by atoms with Crippen LogP contribution >= 0.6 is 0 Å². The van der Waals surface area contributed by atoms with Crippen LogP contribution in [-0.2, 0) is 9.53 Å². The van der Waals surface area contributed by atoms with E-state index in [4.69, 9.17) is 14.2 Å². The molecule has 0 fully saturated rings. The lowest BCUT2D eigenvalue weighted by Crippen LogP contribution is -2.31. The van der Waals surface area contributed by atoms with Gasteiger partial charge in [-0.25, -0.2) is 13.6 Å². The van der Waals surface area contributed by atoms with Crippen LogP contribution in [0, 0.1) is 11.6 Å². The van der Waals surface area contributed by atoms with E-state index in [1.807, 2.05) is 0 Å². The van der Waals surface area contributed by atoms with E-state index in [0.29, 0.717) is 17.6 Å². The fourth-order valence-corrected chi connectivity index (χ4v) is 2.41. The zero-order valence-electron chi connectivity index (χ0n) is 13.8. The fraction of sp³-hybridized carbons (Fsp3) is 0.222.